The number of nitrogens with zero attached hydrogens (tertiary/aromatic N) is 5. The molecule has 0 saturated heterocycles. The zero-order valence-corrected chi connectivity index (χ0v) is 23.7. The van der Waals surface area contributed by atoms with Gasteiger partial charge in [0, 0.05) is 47.8 Å². The number of benzene rings is 3. The molecule has 3 aromatic carbocycles. The Kier molecular flexibility index (Phi) is 8.54. The van der Waals surface area contributed by atoms with Gasteiger partial charge in [-0.1, -0.05) is 64.4 Å². The summed E-state index contributed by atoms with van der Waals surface area (Å²) in [7, 11) is 1.66. The third-order valence-corrected chi connectivity index (χ3v) is 7.37. The molecule has 5 rings (SSSR count). The van der Waals surface area contributed by atoms with E-state index in [4.69, 9.17) is 11.6 Å². The van der Waals surface area contributed by atoms with Crippen LogP contribution in [0.5, 0.6) is 0 Å². The number of aromatic nitrogens is 5. The van der Waals surface area contributed by atoms with Gasteiger partial charge >= 0.3 is 0 Å². The number of tetrazole rings is 1. The fourth-order valence-electron chi connectivity index (χ4n) is 4.85. The van der Waals surface area contributed by atoms with E-state index >= 15 is 0 Å². The van der Waals surface area contributed by atoms with Crippen LogP contribution in [0.4, 0.5) is 0 Å². The molecule has 0 saturated carbocycles. The van der Waals surface area contributed by atoms with Gasteiger partial charge in [0.15, 0.2) is 5.82 Å². The Labute approximate surface area is 246 Å². The monoisotopic (exact) mass is 581 g/mol. The highest BCUT2D eigenvalue weighted by Crippen LogP contribution is 2.34. The van der Waals surface area contributed by atoms with Crippen LogP contribution >= 0.6 is 11.6 Å². The van der Waals surface area contributed by atoms with Gasteiger partial charge < -0.3 is 15.1 Å². The van der Waals surface area contributed by atoms with Crippen LogP contribution in [-0.4, -0.2) is 42.0 Å². The molecule has 3 N–H and O–H groups in total. The predicted octanol–water partition coefficient (Wildman–Crippen LogP) is 4.86. The van der Waals surface area contributed by atoms with Crippen molar-refractivity contribution in [1.29, 1.82) is 0 Å². The molecule has 0 bridgehead atoms. The minimum atomic E-state index is -0.234. The first kappa shape index (κ1) is 28.4. The number of rotatable bonds is 9. The van der Waals surface area contributed by atoms with Gasteiger partial charge in [0.1, 0.15) is 0 Å². The lowest BCUT2D eigenvalue weighted by atomic mass is 9.83. The first-order valence-electron chi connectivity index (χ1n) is 13.2. The first-order valence-corrected chi connectivity index (χ1v) is 13.5. The van der Waals surface area contributed by atoms with Crippen molar-refractivity contribution in [2.75, 3.05) is 0 Å². The smallest absolute Gasteiger partial charge is 0.251 e. The maximum atomic E-state index is 12.5. The van der Waals surface area contributed by atoms with Crippen molar-refractivity contribution in [1.82, 2.24) is 30.5 Å². The summed E-state index contributed by atoms with van der Waals surface area (Å²) in [5.41, 5.74) is 6.53. The first-order chi connectivity index (χ1) is 20.3. The van der Waals surface area contributed by atoms with Crippen LogP contribution < -0.4 is 10.9 Å². The average molecular weight is 582 g/mol. The molecule has 0 fully saturated rings. The summed E-state index contributed by atoms with van der Waals surface area (Å²) in [5, 5.41) is 30.5. The van der Waals surface area contributed by atoms with Crippen LogP contribution in [0.1, 0.15) is 50.8 Å². The molecule has 0 aliphatic carbocycles. The van der Waals surface area contributed by atoms with Gasteiger partial charge in [-0.25, -0.2) is 0 Å². The minimum absolute atomic E-state index is 0.144. The number of amides is 1. The third-order valence-electron chi connectivity index (χ3n) is 7.13. The summed E-state index contributed by atoms with van der Waals surface area (Å²) in [6, 6.07) is 24.4. The van der Waals surface area contributed by atoms with Crippen LogP contribution in [0.25, 0.3) is 11.1 Å². The topological polar surface area (TPSA) is 138 Å². The molecule has 2 aromatic heterocycles. The number of pyridine rings is 1. The highest BCUT2D eigenvalue weighted by molar-refractivity contribution is 6.30. The van der Waals surface area contributed by atoms with Crippen LogP contribution in [0.2, 0.25) is 5.02 Å². The van der Waals surface area contributed by atoms with Gasteiger partial charge in [-0.05, 0) is 65.1 Å². The van der Waals surface area contributed by atoms with E-state index < -0.39 is 0 Å². The molecule has 0 aliphatic heterocycles. The number of hydrogen-bond donors (Lipinski definition) is 3. The zero-order valence-electron chi connectivity index (χ0n) is 23.0. The van der Waals surface area contributed by atoms with E-state index in [1.807, 2.05) is 49.4 Å². The summed E-state index contributed by atoms with van der Waals surface area (Å²) in [6.07, 6.45) is 2.06. The Hall–Kier alpha value is -5.09. The Balaban J connectivity index is 1.39. The van der Waals surface area contributed by atoms with Gasteiger partial charge in [-0.15, -0.1) is 10.2 Å². The van der Waals surface area contributed by atoms with E-state index in [-0.39, 0.29) is 23.9 Å². The molecular weight excluding hydrogens is 554 g/mol. The molecule has 0 spiro atoms. The fourth-order valence-corrected chi connectivity index (χ4v) is 5.08. The number of carbonyl (C=O) groups is 1. The molecule has 0 aliphatic rings. The molecular formula is C31H28ClN7O3. The maximum absolute atomic E-state index is 12.5. The van der Waals surface area contributed by atoms with Crippen LogP contribution in [0.15, 0.2) is 95.0 Å². The second-order valence-electron chi connectivity index (χ2n) is 9.88. The van der Waals surface area contributed by atoms with Crippen LogP contribution in [0.3, 0.4) is 0 Å². The lowest BCUT2D eigenvalue weighted by Crippen LogP contribution is -2.23. The van der Waals surface area contributed by atoms with Crippen molar-refractivity contribution in [3.63, 3.8) is 0 Å². The normalized spacial score (nSPS) is 12.2. The summed E-state index contributed by atoms with van der Waals surface area (Å²) in [5.74, 6) is 0.0198. The van der Waals surface area contributed by atoms with E-state index in [2.05, 4.69) is 43.2 Å². The molecule has 1 amide bonds. The largest absolute Gasteiger partial charge is 0.411 e. The number of halogens is 1. The van der Waals surface area contributed by atoms with Crippen LogP contribution in [0, 0.1) is 6.92 Å². The molecule has 1 unspecified atom stereocenters. The van der Waals surface area contributed by atoms with E-state index in [1.54, 1.807) is 31.4 Å². The van der Waals surface area contributed by atoms with Crippen molar-refractivity contribution < 1.29 is 10.0 Å². The lowest BCUT2D eigenvalue weighted by molar-refractivity contribution is 0.0950. The number of aromatic amines is 1. The van der Waals surface area contributed by atoms with Crippen molar-refractivity contribution >= 4 is 23.2 Å². The summed E-state index contributed by atoms with van der Waals surface area (Å²) in [6.45, 7) is 2.18. The molecule has 5 aromatic rings. The molecule has 11 heteroatoms. The van der Waals surface area contributed by atoms with Crippen molar-refractivity contribution in [2.45, 2.75) is 25.8 Å². The van der Waals surface area contributed by atoms with E-state index in [1.165, 1.54) is 10.6 Å². The van der Waals surface area contributed by atoms with Gasteiger partial charge in [-0.3, -0.25) is 9.59 Å². The summed E-state index contributed by atoms with van der Waals surface area (Å²) >= 11 is 6.26. The van der Waals surface area contributed by atoms with Gasteiger partial charge in [0.05, 0.1) is 12.3 Å². The third kappa shape index (κ3) is 6.45. The standard InChI is InChI=1S/C31H28ClN7O3/c1-19-15-25(32)12-13-26(19)27(16-28(36-42)24-11-14-30(40)39(2)18-24)22-7-3-20(4-8-22)21-5-9-23(10-6-21)31(41)33-17-29-34-37-38-35-29/h3-15,18,27,42H,16-17H2,1-2H3,(H,33,41)(H,34,35,37,38)/b36-28+. The maximum Gasteiger partial charge on any atom is 0.251 e. The summed E-state index contributed by atoms with van der Waals surface area (Å²) in [4.78, 5) is 24.4. The molecule has 1 atom stereocenters. The number of aryl methyl sites for hydroxylation is 2. The molecule has 10 nitrogen and oxygen atoms in total. The lowest BCUT2D eigenvalue weighted by Gasteiger charge is -2.21. The van der Waals surface area contributed by atoms with Gasteiger partial charge in [0.25, 0.3) is 5.91 Å². The van der Waals surface area contributed by atoms with E-state index in [0.29, 0.717) is 34.1 Å². The van der Waals surface area contributed by atoms with Gasteiger partial charge in [0.2, 0.25) is 5.56 Å². The SMILES string of the molecule is Cc1cc(Cl)ccc1C(C/C(=N\O)c1ccc(=O)n(C)c1)c1ccc(-c2ccc(C(=O)NCc3nn[nH]n3)cc2)cc1. The van der Waals surface area contributed by atoms with Crippen molar-refractivity contribution in [2.24, 2.45) is 12.2 Å². The van der Waals surface area contributed by atoms with Crippen molar-refractivity contribution in [3.05, 3.63) is 134 Å². The predicted molar refractivity (Wildman–Crippen MR) is 160 cm³/mol. The number of oxime groups is 1. The molecule has 0 radical (unpaired) electrons. The summed E-state index contributed by atoms with van der Waals surface area (Å²) < 4.78 is 1.46. The number of carbonyl (C=O) groups excluding carboxylic acids is 1. The minimum Gasteiger partial charge on any atom is -0.411 e. The molecule has 2 heterocycles. The van der Waals surface area contributed by atoms with Crippen LogP contribution in [-0.2, 0) is 13.6 Å². The fraction of sp³-hybridized carbons (Fsp3) is 0.161. The quantitative estimate of drug-likeness (QED) is 0.129. The second-order valence-corrected chi connectivity index (χ2v) is 10.3. The van der Waals surface area contributed by atoms with Crippen molar-refractivity contribution in [3.8, 4) is 11.1 Å². The Bertz CT molecular complexity index is 1780. The van der Waals surface area contributed by atoms with Gasteiger partial charge in [-0.2, -0.15) is 5.21 Å². The average Bonchev–Trinajstić information content (AvgIpc) is 3.53. The highest BCUT2D eigenvalue weighted by Gasteiger charge is 2.21. The zero-order chi connectivity index (χ0) is 29.6. The molecule has 42 heavy (non-hydrogen) atoms. The second kappa shape index (κ2) is 12.6. The molecule has 212 valence electrons. The van der Waals surface area contributed by atoms with E-state index in [9.17, 15) is 14.8 Å². The number of nitrogens with one attached hydrogen (secondary N) is 2. The Morgan fingerprint density at radius 1 is 1.02 bits per heavy atom. The number of hydrogen-bond acceptors (Lipinski definition) is 7. The Morgan fingerprint density at radius 3 is 2.33 bits per heavy atom. The van der Waals surface area contributed by atoms with E-state index in [0.717, 1.165) is 27.8 Å². The highest BCUT2D eigenvalue weighted by atomic mass is 35.5. The number of H-pyrrole nitrogens is 1. The Morgan fingerprint density at radius 2 is 1.71 bits per heavy atom.